The number of ketones is 1. The van der Waals surface area contributed by atoms with Gasteiger partial charge in [-0.05, 0) is 36.4 Å². The van der Waals surface area contributed by atoms with Crippen molar-refractivity contribution in [3.05, 3.63) is 52.5 Å². The van der Waals surface area contributed by atoms with Crippen molar-refractivity contribution in [2.24, 2.45) is 0 Å². The number of hydrogen-bond donors (Lipinski definition) is 0. The Labute approximate surface area is 183 Å². The molecule has 11 heteroatoms. The minimum Gasteiger partial charge on any atom is -0.454 e. The van der Waals surface area contributed by atoms with Gasteiger partial charge < -0.3 is 18.9 Å². The molecule has 1 fully saturated rings. The summed E-state index contributed by atoms with van der Waals surface area (Å²) in [4.78, 5) is 24.8. The van der Waals surface area contributed by atoms with Gasteiger partial charge in [0.05, 0.1) is 28.7 Å². The van der Waals surface area contributed by atoms with E-state index in [1.54, 1.807) is 6.07 Å². The van der Waals surface area contributed by atoms with Gasteiger partial charge in [-0.2, -0.15) is 4.31 Å². The van der Waals surface area contributed by atoms with Crippen molar-refractivity contribution in [3.8, 4) is 11.5 Å². The Hall–Kier alpha value is -2.66. The molecule has 164 valence electrons. The SMILES string of the molecule is O=C(COC(=O)c1cc(S(=O)(=O)N2CCOCC2)ccc1Cl)c1ccc2c(c1)OCO2. The molecule has 0 atom stereocenters. The number of nitrogens with zero attached hydrogens (tertiary/aromatic N) is 1. The summed E-state index contributed by atoms with van der Waals surface area (Å²) in [6.45, 7) is 0.552. The highest BCUT2D eigenvalue weighted by atomic mass is 35.5. The minimum absolute atomic E-state index is 0.0152. The van der Waals surface area contributed by atoms with Crippen LogP contribution in [0.4, 0.5) is 0 Å². The summed E-state index contributed by atoms with van der Waals surface area (Å²) in [7, 11) is -3.82. The van der Waals surface area contributed by atoms with E-state index in [-0.39, 0.29) is 40.9 Å². The van der Waals surface area contributed by atoms with Crippen molar-refractivity contribution in [2.45, 2.75) is 4.90 Å². The van der Waals surface area contributed by atoms with Gasteiger partial charge in [0.25, 0.3) is 0 Å². The molecule has 4 rings (SSSR count). The predicted molar refractivity (Wildman–Crippen MR) is 108 cm³/mol. The number of hydrogen-bond acceptors (Lipinski definition) is 8. The summed E-state index contributed by atoms with van der Waals surface area (Å²) in [5.74, 6) is -0.405. The molecule has 1 saturated heterocycles. The number of carbonyl (C=O) groups is 2. The summed E-state index contributed by atoms with van der Waals surface area (Å²) in [6, 6.07) is 8.41. The maximum absolute atomic E-state index is 12.8. The van der Waals surface area contributed by atoms with Gasteiger partial charge in [-0.25, -0.2) is 13.2 Å². The molecule has 2 heterocycles. The third-order valence-corrected chi connectivity index (χ3v) is 7.02. The van der Waals surface area contributed by atoms with Gasteiger partial charge in [-0.1, -0.05) is 11.6 Å². The maximum atomic E-state index is 12.8. The molecule has 0 aromatic heterocycles. The van der Waals surface area contributed by atoms with Crippen LogP contribution in [0.1, 0.15) is 20.7 Å². The Kier molecular flexibility index (Phi) is 6.15. The Morgan fingerprint density at radius 3 is 2.55 bits per heavy atom. The summed E-state index contributed by atoms with van der Waals surface area (Å²) >= 11 is 6.08. The number of benzene rings is 2. The Morgan fingerprint density at radius 1 is 1.03 bits per heavy atom. The Balaban J connectivity index is 1.47. The lowest BCUT2D eigenvalue weighted by molar-refractivity contribution is 0.0474. The van der Waals surface area contributed by atoms with Gasteiger partial charge in [0.2, 0.25) is 16.8 Å². The molecule has 0 amide bonds. The summed E-state index contributed by atoms with van der Waals surface area (Å²) in [5, 5.41) is 0.0152. The summed E-state index contributed by atoms with van der Waals surface area (Å²) in [5.41, 5.74) is 0.140. The van der Waals surface area contributed by atoms with Crippen LogP contribution in [0.15, 0.2) is 41.3 Å². The van der Waals surface area contributed by atoms with Gasteiger partial charge in [-0.3, -0.25) is 4.79 Å². The van der Waals surface area contributed by atoms with E-state index in [0.29, 0.717) is 24.7 Å². The van der Waals surface area contributed by atoms with Crippen LogP contribution < -0.4 is 9.47 Å². The highest BCUT2D eigenvalue weighted by Crippen LogP contribution is 2.32. The van der Waals surface area contributed by atoms with Gasteiger partial charge in [-0.15, -0.1) is 0 Å². The molecular formula is C20H18ClNO8S. The van der Waals surface area contributed by atoms with Crippen LogP contribution in [-0.4, -0.2) is 64.2 Å². The highest BCUT2D eigenvalue weighted by Gasteiger charge is 2.28. The molecule has 0 bridgehead atoms. The fraction of sp³-hybridized carbons (Fsp3) is 0.300. The number of morpholine rings is 1. The lowest BCUT2D eigenvalue weighted by atomic mass is 10.1. The van der Waals surface area contributed by atoms with E-state index in [4.69, 9.17) is 30.5 Å². The van der Waals surface area contributed by atoms with Crippen molar-refractivity contribution >= 4 is 33.4 Å². The quantitative estimate of drug-likeness (QED) is 0.469. The molecule has 2 aromatic rings. The molecule has 2 aromatic carbocycles. The maximum Gasteiger partial charge on any atom is 0.340 e. The first kappa shape index (κ1) is 21.6. The van der Waals surface area contributed by atoms with E-state index in [2.05, 4.69) is 0 Å². The lowest BCUT2D eigenvalue weighted by Crippen LogP contribution is -2.40. The fourth-order valence-corrected chi connectivity index (χ4v) is 4.75. The third-order valence-electron chi connectivity index (χ3n) is 4.79. The van der Waals surface area contributed by atoms with Crippen molar-refractivity contribution in [2.75, 3.05) is 39.7 Å². The molecule has 9 nitrogen and oxygen atoms in total. The molecule has 2 aliphatic rings. The zero-order valence-corrected chi connectivity index (χ0v) is 17.8. The standard InChI is InChI=1S/C20H18ClNO8S/c21-16-3-2-14(31(25,26)22-5-7-27-8-6-22)10-15(16)20(24)28-11-17(23)13-1-4-18-19(9-13)30-12-29-18/h1-4,9-10H,5-8,11-12H2. The number of rotatable bonds is 6. The van der Waals surface area contributed by atoms with Crippen molar-refractivity contribution in [1.29, 1.82) is 0 Å². The third kappa shape index (κ3) is 4.52. The van der Waals surface area contributed by atoms with E-state index < -0.39 is 28.4 Å². The number of halogens is 1. The van der Waals surface area contributed by atoms with Gasteiger partial charge in [0.1, 0.15) is 0 Å². The molecule has 31 heavy (non-hydrogen) atoms. The number of fused-ring (bicyclic) bond motifs is 1. The average molecular weight is 468 g/mol. The molecule has 0 spiro atoms. The van der Waals surface area contributed by atoms with Crippen LogP contribution in [0.5, 0.6) is 11.5 Å². The van der Waals surface area contributed by atoms with Crippen LogP contribution in [0, 0.1) is 0 Å². The van der Waals surface area contributed by atoms with Crippen molar-refractivity contribution in [1.82, 2.24) is 4.31 Å². The van der Waals surface area contributed by atoms with E-state index in [1.807, 2.05) is 0 Å². The summed E-state index contributed by atoms with van der Waals surface area (Å²) < 4.78 is 47.6. The van der Waals surface area contributed by atoms with Crippen LogP contribution in [0.25, 0.3) is 0 Å². The first-order chi connectivity index (χ1) is 14.9. The lowest BCUT2D eigenvalue weighted by Gasteiger charge is -2.26. The van der Waals surface area contributed by atoms with Crippen LogP contribution >= 0.6 is 11.6 Å². The molecule has 0 aliphatic carbocycles. The smallest absolute Gasteiger partial charge is 0.340 e. The molecular weight excluding hydrogens is 450 g/mol. The number of ether oxygens (including phenoxy) is 4. The second-order valence-electron chi connectivity index (χ2n) is 6.73. The molecule has 0 unspecified atom stereocenters. The Bertz CT molecular complexity index is 1130. The molecule has 2 aliphatic heterocycles. The average Bonchev–Trinajstić information content (AvgIpc) is 3.26. The van der Waals surface area contributed by atoms with Gasteiger partial charge >= 0.3 is 5.97 Å². The largest absolute Gasteiger partial charge is 0.454 e. The Morgan fingerprint density at radius 2 is 1.77 bits per heavy atom. The molecule has 0 radical (unpaired) electrons. The first-order valence-electron chi connectivity index (χ1n) is 9.34. The number of carbonyl (C=O) groups excluding carboxylic acids is 2. The topological polar surface area (TPSA) is 108 Å². The summed E-state index contributed by atoms with van der Waals surface area (Å²) in [6.07, 6.45) is 0. The first-order valence-corrected chi connectivity index (χ1v) is 11.2. The number of sulfonamides is 1. The van der Waals surface area contributed by atoms with Crippen LogP contribution in [0.2, 0.25) is 5.02 Å². The molecule has 0 N–H and O–H groups in total. The second kappa shape index (κ2) is 8.83. The highest BCUT2D eigenvalue weighted by molar-refractivity contribution is 7.89. The van der Waals surface area contributed by atoms with Crippen LogP contribution in [0.3, 0.4) is 0 Å². The van der Waals surface area contributed by atoms with E-state index in [1.165, 1.54) is 28.6 Å². The fourth-order valence-electron chi connectivity index (χ4n) is 3.12. The zero-order chi connectivity index (χ0) is 22.0. The van der Waals surface area contributed by atoms with E-state index in [9.17, 15) is 18.0 Å². The van der Waals surface area contributed by atoms with E-state index >= 15 is 0 Å². The van der Waals surface area contributed by atoms with Crippen molar-refractivity contribution < 1.29 is 37.0 Å². The second-order valence-corrected chi connectivity index (χ2v) is 9.07. The van der Waals surface area contributed by atoms with Crippen molar-refractivity contribution in [3.63, 3.8) is 0 Å². The number of Topliss-reactive ketones (excluding diaryl/α,β-unsaturated/α-hetero) is 1. The minimum atomic E-state index is -3.82. The van der Waals surface area contributed by atoms with Gasteiger partial charge in [0, 0.05) is 18.7 Å². The monoisotopic (exact) mass is 467 g/mol. The van der Waals surface area contributed by atoms with E-state index in [0.717, 1.165) is 6.07 Å². The number of esters is 1. The van der Waals surface area contributed by atoms with Gasteiger partial charge in [0.15, 0.2) is 23.9 Å². The normalized spacial score (nSPS) is 16.2. The van der Waals surface area contributed by atoms with Crippen LogP contribution in [-0.2, 0) is 19.5 Å². The molecule has 0 saturated carbocycles. The zero-order valence-electron chi connectivity index (χ0n) is 16.2. The predicted octanol–water partition coefficient (Wildman–Crippen LogP) is 2.13.